The van der Waals surface area contributed by atoms with Crippen LogP contribution in [0.25, 0.3) is 0 Å². The molecule has 0 radical (unpaired) electrons. The third kappa shape index (κ3) is 18.4. The molecule has 5 atom stereocenters. The van der Waals surface area contributed by atoms with E-state index in [-0.39, 0.29) is 69.6 Å². The molecule has 0 aromatic rings. The van der Waals surface area contributed by atoms with E-state index in [4.69, 9.17) is 21.7 Å². The number of aliphatic hydroxyl groups excluding tert-OH is 1. The number of aliphatic carboxylic acids is 2. The average Bonchev–Trinajstić information content (AvgIpc) is 2.90. The van der Waals surface area contributed by atoms with Crippen molar-refractivity contribution in [1.82, 2.24) is 10.6 Å². The number of ether oxygens (including phenoxy) is 2. The second-order valence-corrected chi connectivity index (χ2v) is 11.0. The minimum atomic E-state index is -1.28. The van der Waals surface area contributed by atoms with Crippen molar-refractivity contribution >= 4 is 64.1 Å². The Morgan fingerprint density at radius 1 is 0.925 bits per heavy atom. The van der Waals surface area contributed by atoms with E-state index in [1.54, 1.807) is 0 Å². The van der Waals surface area contributed by atoms with E-state index in [1.807, 2.05) is 0 Å². The van der Waals surface area contributed by atoms with Crippen LogP contribution < -0.4 is 22.1 Å². The van der Waals surface area contributed by atoms with E-state index in [9.17, 15) is 38.7 Å². The van der Waals surface area contributed by atoms with Crippen molar-refractivity contribution in [3.63, 3.8) is 0 Å². The van der Waals surface area contributed by atoms with Gasteiger partial charge in [0.25, 0.3) is 12.9 Å². The molecule has 0 heterocycles. The monoisotopic (exact) mass is 612 g/mol. The maximum atomic E-state index is 12.6. The highest BCUT2D eigenvalue weighted by Crippen LogP contribution is 2.28. The summed E-state index contributed by atoms with van der Waals surface area (Å²) in [5.41, 5.74) is 10.9. The molecule has 0 rings (SSSR count). The van der Waals surface area contributed by atoms with Gasteiger partial charge in [-0.2, -0.15) is 0 Å². The average molecular weight is 613 g/mol. The quantitative estimate of drug-likeness (QED) is 0.0254. The lowest BCUT2D eigenvalue weighted by atomic mass is 9.99. The lowest BCUT2D eigenvalue weighted by molar-refractivity contribution is -0.139. The minimum Gasteiger partial charge on any atom is -0.480 e. The molecule has 0 spiro atoms. The van der Waals surface area contributed by atoms with E-state index in [2.05, 4.69) is 20.1 Å². The Labute approximate surface area is 238 Å². The van der Waals surface area contributed by atoms with Crippen LogP contribution in [-0.2, 0) is 43.0 Å². The SMILES string of the molecule is N[C@@H](CCC(O)C[C@@H](CSSC[C@H](NC(=O)CC[C@H](N)C(=O)O)C(=O)CCOC=O)C(=O)NCC(=O)O)OC=O. The smallest absolute Gasteiger partial charge is 0.322 e. The highest BCUT2D eigenvalue weighted by Gasteiger charge is 2.25. The first-order valence-corrected chi connectivity index (χ1v) is 14.5. The van der Waals surface area contributed by atoms with Crippen molar-refractivity contribution in [2.24, 2.45) is 17.4 Å². The van der Waals surface area contributed by atoms with Crippen molar-refractivity contribution < 1.29 is 58.4 Å². The van der Waals surface area contributed by atoms with E-state index in [1.165, 1.54) is 0 Å². The number of Topliss-reactive ketones (excluding diaryl/α,β-unsaturated/α-hetero) is 1. The third-order valence-corrected chi connectivity index (χ3v) is 7.69. The molecule has 0 saturated heterocycles. The maximum absolute atomic E-state index is 12.6. The van der Waals surface area contributed by atoms with Crippen LogP contribution in [0.1, 0.15) is 38.5 Å². The van der Waals surface area contributed by atoms with Gasteiger partial charge in [-0.25, -0.2) is 0 Å². The molecule has 0 aliphatic heterocycles. The topological polar surface area (TPSA) is 275 Å². The van der Waals surface area contributed by atoms with Gasteiger partial charge in [0.1, 0.15) is 12.6 Å². The number of hydrogen-bond acceptors (Lipinski definition) is 14. The van der Waals surface area contributed by atoms with Crippen molar-refractivity contribution in [3.05, 3.63) is 0 Å². The lowest BCUT2D eigenvalue weighted by Crippen LogP contribution is -2.43. The van der Waals surface area contributed by atoms with Crippen LogP contribution in [0.15, 0.2) is 0 Å². The van der Waals surface area contributed by atoms with Gasteiger partial charge in [-0.15, -0.1) is 0 Å². The fourth-order valence-corrected chi connectivity index (χ4v) is 5.55. The van der Waals surface area contributed by atoms with Crippen molar-refractivity contribution in [1.29, 1.82) is 0 Å². The van der Waals surface area contributed by atoms with E-state index in [0.29, 0.717) is 0 Å². The van der Waals surface area contributed by atoms with Gasteiger partial charge in [-0.05, 0) is 19.3 Å². The van der Waals surface area contributed by atoms with Crippen LogP contribution in [0.5, 0.6) is 0 Å². The van der Waals surface area contributed by atoms with E-state index < -0.39 is 66.4 Å². The second-order valence-electron chi connectivity index (χ2n) is 8.40. The highest BCUT2D eigenvalue weighted by molar-refractivity contribution is 8.76. The Kier molecular flexibility index (Phi) is 20.2. The molecule has 18 heteroatoms. The van der Waals surface area contributed by atoms with Crippen molar-refractivity contribution in [3.8, 4) is 0 Å². The molecule has 9 N–H and O–H groups in total. The zero-order chi connectivity index (χ0) is 30.5. The number of carboxylic acid groups (broad SMARTS) is 2. The van der Waals surface area contributed by atoms with Gasteiger partial charge in [0, 0.05) is 30.8 Å². The van der Waals surface area contributed by atoms with Crippen LogP contribution in [0.3, 0.4) is 0 Å². The minimum absolute atomic E-state index is 0.0330. The van der Waals surface area contributed by atoms with Gasteiger partial charge in [0.05, 0.1) is 24.7 Å². The summed E-state index contributed by atoms with van der Waals surface area (Å²) in [6.45, 7) is -0.487. The second kappa shape index (κ2) is 21.8. The molecule has 0 aliphatic rings. The van der Waals surface area contributed by atoms with Crippen LogP contribution in [0, 0.1) is 5.92 Å². The summed E-state index contributed by atoms with van der Waals surface area (Å²) >= 11 is 0. The molecule has 40 heavy (non-hydrogen) atoms. The molecule has 0 saturated carbocycles. The lowest BCUT2D eigenvalue weighted by Gasteiger charge is -2.21. The highest BCUT2D eigenvalue weighted by atomic mass is 33.1. The molecule has 0 bridgehead atoms. The van der Waals surface area contributed by atoms with Crippen molar-refractivity contribution in [2.45, 2.75) is 62.9 Å². The van der Waals surface area contributed by atoms with Gasteiger partial charge >= 0.3 is 11.9 Å². The molecule has 228 valence electrons. The largest absolute Gasteiger partial charge is 0.480 e. The summed E-state index contributed by atoms with van der Waals surface area (Å²) in [7, 11) is 2.25. The standard InChI is InChI=1S/C22H36N4O12S2/c23-15(22(35)36)2-4-19(31)26-16(17(30)5-6-37-11-27)10-40-39-9-13(21(34)25-8-20(32)33)7-14(29)1-3-18(24)38-12-28/h11-16,18,29H,1-10,23-24H2,(H,25,34)(H,26,31)(H,32,33)(H,35,36)/t13-,14?,15-,16-,18+/m0/s1. The fourth-order valence-electron chi connectivity index (χ4n) is 3.02. The number of nitrogens with two attached hydrogens (primary N) is 2. The molecule has 0 aromatic carbocycles. The van der Waals surface area contributed by atoms with Gasteiger partial charge in [-0.1, -0.05) is 21.6 Å². The summed E-state index contributed by atoms with van der Waals surface area (Å²) in [5, 5.41) is 32.8. The molecule has 2 amide bonds. The Morgan fingerprint density at radius 3 is 2.20 bits per heavy atom. The van der Waals surface area contributed by atoms with Crippen LogP contribution in [-0.4, -0.2) is 107 Å². The Hall–Kier alpha value is -2.93. The summed E-state index contributed by atoms with van der Waals surface area (Å²) in [5.74, 6) is -4.92. The first kappa shape index (κ1) is 37.1. The van der Waals surface area contributed by atoms with Gasteiger partial charge < -0.3 is 41.2 Å². The first-order valence-electron chi connectivity index (χ1n) is 12.0. The number of carbonyl (C=O) groups excluding carboxylic acids is 5. The molecule has 1 unspecified atom stereocenters. The molecule has 0 aliphatic carbocycles. The number of rotatable bonds is 25. The number of aliphatic hydroxyl groups is 1. The summed E-state index contributed by atoms with van der Waals surface area (Å²) in [6.07, 6.45) is -2.36. The number of nitrogens with one attached hydrogen (secondary N) is 2. The normalized spacial score (nSPS) is 14.5. The van der Waals surface area contributed by atoms with E-state index >= 15 is 0 Å². The zero-order valence-corrected chi connectivity index (χ0v) is 23.2. The zero-order valence-electron chi connectivity index (χ0n) is 21.6. The number of ketones is 1. The summed E-state index contributed by atoms with van der Waals surface area (Å²) in [4.78, 5) is 79.7. The number of carbonyl (C=O) groups is 7. The predicted octanol–water partition coefficient (Wildman–Crippen LogP) is -2.02. The van der Waals surface area contributed by atoms with Crippen LogP contribution >= 0.6 is 21.6 Å². The van der Waals surface area contributed by atoms with E-state index in [0.717, 1.165) is 21.6 Å². The van der Waals surface area contributed by atoms with Crippen molar-refractivity contribution in [2.75, 3.05) is 24.7 Å². The first-order chi connectivity index (χ1) is 18.9. The van der Waals surface area contributed by atoms with Crippen LogP contribution in [0.2, 0.25) is 0 Å². The van der Waals surface area contributed by atoms with Gasteiger partial charge in [0.2, 0.25) is 11.8 Å². The molecule has 0 fully saturated rings. The molecule has 0 aromatic heterocycles. The summed E-state index contributed by atoms with van der Waals surface area (Å²) in [6, 6.07) is -2.27. The Balaban J connectivity index is 5.11. The molecular formula is C22H36N4O12S2. The fraction of sp³-hybridized carbons (Fsp3) is 0.682. The predicted molar refractivity (Wildman–Crippen MR) is 142 cm³/mol. The number of amides is 2. The van der Waals surface area contributed by atoms with Gasteiger partial charge in [-0.3, -0.25) is 39.3 Å². The molecular weight excluding hydrogens is 576 g/mol. The third-order valence-electron chi connectivity index (χ3n) is 5.20. The number of hydrogen-bond donors (Lipinski definition) is 7. The Bertz CT molecular complexity index is 851. The maximum Gasteiger partial charge on any atom is 0.322 e. The van der Waals surface area contributed by atoms with Gasteiger partial charge in [0.15, 0.2) is 12.0 Å². The van der Waals surface area contributed by atoms with Crippen LogP contribution in [0.4, 0.5) is 0 Å². The summed E-state index contributed by atoms with van der Waals surface area (Å²) < 4.78 is 9.07. The molecule has 16 nitrogen and oxygen atoms in total. The number of carboxylic acids is 2. The Morgan fingerprint density at radius 2 is 1.60 bits per heavy atom.